The Morgan fingerprint density at radius 2 is 0.756 bits per heavy atom. The van der Waals surface area contributed by atoms with Crippen molar-refractivity contribution in [2.75, 3.05) is 0 Å². The summed E-state index contributed by atoms with van der Waals surface area (Å²) < 4.78 is 5.98. The summed E-state index contributed by atoms with van der Waals surface area (Å²) in [4.78, 5) is 19.5. The number of fused-ring (bicyclic) bond motifs is 1. The first-order valence-corrected chi connectivity index (χ1v) is 14.8. The minimum absolute atomic E-state index is 0.581. The lowest BCUT2D eigenvalue weighted by Gasteiger charge is -2.10. The van der Waals surface area contributed by atoms with Crippen molar-refractivity contribution < 1.29 is 4.42 Å². The Morgan fingerprint density at radius 1 is 0.311 bits per heavy atom. The zero-order valence-electron chi connectivity index (χ0n) is 24.2. The molecule has 0 saturated carbocycles. The van der Waals surface area contributed by atoms with Gasteiger partial charge in [0.1, 0.15) is 5.52 Å². The fourth-order valence-electron chi connectivity index (χ4n) is 5.45. The number of benzene rings is 6. The highest BCUT2D eigenvalue weighted by atomic mass is 16.3. The molecule has 5 heteroatoms. The van der Waals surface area contributed by atoms with Crippen LogP contribution in [0.2, 0.25) is 0 Å². The minimum atomic E-state index is 0.581. The van der Waals surface area contributed by atoms with Crippen LogP contribution in [0.5, 0.6) is 0 Å². The molecular weight excluding hydrogens is 552 g/mol. The SMILES string of the molecule is c1ccc(-c2cccc(-c3cccc(-c4nc(-c5ccccc5)nc(-c5ccc(-c6nc7ccccc7o6)cc5)n4)c3)c2)cc1. The van der Waals surface area contributed by atoms with E-state index in [2.05, 4.69) is 77.8 Å². The Morgan fingerprint density at radius 3 is 1.40 bits per heavy atom. The third-order valence-electron chi connectivity index (χ3n) is 7.78. The van der Waals surface area contributed by atoms with Gasteiger partial charge in [-0.2, -0.15) is 0 Å². The predicted octanol–water partition coefficient (Wildman–Crippen LogP) is 10.0. The molecule has 2 aromatic heterocycles. The van der Waals surface area contributed by atoms with E-state index in [1.165, 1.54) is 11.1 Å². The highest BCUT2D eigenvalue weighted by Gasteiger charge is 2.14. The first-order valence-electron chi connectivity index (χ1n) is 14.8. The molecule has 0 aliphatic heterocycles. The van der Waals surface area contributed by atoms with Gasteiger partial charge in [0.15, 0.2) is 23.1 Å². The summed E-state index contributed by atoms with van der Waals surface area (Å²) in [6.45, 7) is 0. The quantitative estimate of drug-likeness (QED) is 0.196. The van der Waals surface area contributed by atoms with Crippen LogP contribution in [-0.2, 0) is 0 Å². The first-order chi connectivity index (χ1) is 22.3. The normalized spacial score (nSPS) is 11.1. The zero-order chi connectivity index (χ0) is 30.0. The smallest absolute Gasteiger partial charge is 0.227 e. The molecule has 0 atom stereocenters. The maximum Gasteiger partial charge on any atom is 0.227 e. The summed E-state index contributed by atoms with van der Waals surface area (Å²) in [5.41, 5.74) is 9.79. The van der Waals surface area contributed by atoms with E-state index in [0.29, 0.717) is 23.4 Å². The molecule has 0 fully saturated rings. The van der Waals surface area contributed by atoms with Crippen LogP contribution in [-0.4, -0.2) is 19.9 Å². The van der Waals surface area contributed by atoms with Gasteiger partial charge in [0.25, 0.3) is 0 Å². The molecule has 0 N–H and O–H groups in total. The second kappa shape index (κ2) is 11.5. The van der Waals surface area contributed by atoms with E-state index in [1.54, 1.807) is 0 Å². The van der Waals surface area contributed by atoms with Crippen molar-refractivity contribution in [3.8, 4) is 67.9 Å². The van der Waals surface area contributed by atoms with E-state index in [1.807, 2.05) is 84.9 Å². The van der Waals surface area contributed by atoms with E-state index < -0.39 is 0 Å². The molecule has 0 amide bonds. The lowest BCUT2D eigenvalue weighted by atomic mass is 9.98. The molecule has 8 aromatic rings. The van der Waals surface area contributed by atoms with E-state index >= 15 is 0 Å². The Labute approximate surface area is 260 Å². The number of aromatic nitrogens is 4. The van der Waals surface area contributed by atoms with Gasteiger partial charge in [-0.25, -0.2) is 19.9 Å². The second-order valence-corrected chi connectivity index (χ2v) is 10.8. The van der Waals surface area contributed by atoms with Gasteiger partial charge < -0.3 is 4.42 Å². The fraction of sp³-hybridized carbons (Fsp3) is 0. The summed E-state index contributed by atoms with van der Waals surface area (Å²) in [6.07, 6.45) is 0. The van der Waals surface area contributed by atoms with Gasteiger partial charge in [-0.15, -0.1) is 0 Å². The lowest BCUT2D eigenvalue weighted by molar-refractivity contribution is 0.620. The molecule has 0 saturated heterocycles. The minimum Gasteiger partial charge on any atom is -0.436 e. The second-order valence-electron chi connectivity index (χ2n) is 10.8. The molecule has 0 aliphatic carbocycles. The summed E-state index contributed by atoms with van der Waals surface area (Å²) in [5.74, 6) is 2.41. The molecule has 0 radical (unpaired) electrons. The van der Waals surface area contributed by atoms with Crippen molar-refractivity contribution >= 4 is 11.1 Å². The number of hydrogen-bond donors (Lipinski definition) is 0. The fourth-order valence-corrected chi connectivity index (χ4v) is 5.45. The Balaban J connectivity index is 1.19. The van der Waals surface area contributed by atoms with Crippen LogP contribution in [0.4, 0.5) is 0 Å². The summed E-state index contributed by atoms with van der Waals surface area (Å²) in [5, 5.41) is 0. The van der Waals surface area contributed by atoms with Crippen LogP contribution >= 0.6 is 0 Å². The van der Waals surface area contributed by atoms with Crippen molar-refractivity contribution in [1.82, 2.24) is 19.9 Å². The highest BCUT2D eigenvalue weighted by molar-refractivity contribution is 5.78. The maximum absolute atomic E-state index is 5.98. The van der Waals surface area contributed by atoms with E-state index in [4.69, 9.17) is 19.4 Å². The van der Waals surface area contributed by atoms with Crippen molar-refractivity contribution in [2.45, 2.75) is 0 Å². The standard InChI is InChI=1S/C40H26N4O/c1-3-11-27(12-4-1)31-15-9-16-32(25-31)33-17-10-18-34(26-33)39-43-37(28-13-5-2-6-14-28)42-38(44-39)29-21-23-30(24-22-29)40-41-35-19-7-8-20-36(35)45-40/h1-26H. The Hall–Kier alpha value is -6.20. The van der Waals surface area contributed by atoms with Crippen molar-refractivity contribution in [1.29, 1.82) is 0 Å². The van der Waals surface area contributed by atoms with Gasteiger partial charge in [-0.3, -0.25) is 0 Å². The van der Waals surface area contributed by atoms with Gasteiger partial charge in [0.2, 0.25) is 5.89 Å². The van der Waals surface area contributed by atoms with Crippen LogP contribution in [0.25, 0.3) is 79.0 Å². The number of para-hydroxylation sites is 2. The van der Waals surface area contributed by atoms with Crippen LogP contribution in [0.3, 0.4) is 0 Å². The van der Waals surface area contributed by atoms with Crippen LogP contribution in [0.15, 0.2) is 162 Å². The molecule has 5 nitrogen and oxygen atoms in total. The molecule has 0 bridgehead atoms. The van der Waals surface area contributed by atoms with E-state index in [0.717, 1.165) is 44.5 Å². The van der Waals surface area contributed by atoms with Crippen molar-refractivity contribution in [2.24, 2.45) is 0 Å². The average molecular weight is 579 g/mol. The topological polar surface area (TPSA) is 64.7 Å². The molecule has 0 spiro atoms. The Bertz CT molecular complexity index is 2230. The molecule has 45 heavy (non-hydrogen) atoms. The van der Waals surface area contributed by atoms with Gasteiger partial charge in [-0.1, -0.05) is 121 Å². The highest BCUT2D eigenvalue weighted by Crippen LogP contribution is 2.31. The molecule has 6 aromatic carbocycles. The number of hydrogen-bond acceptors (Lipinski definition) is 5. The molecule has 0 aliphatic rings. The van der Waals surface area contributed by atoms with Crippen LogP contribution in [0.1, 0.15) is 0 Å². The van der Waals surface area contributed by atoms with E-state index in [-0.39, 0.29) is 0 Å². The maximum atomic E-state index is 5.98. The van der Waals surface area contributed by atoms with Gasteiger partial charge in [0, 0.05) is 22.3 Å². The average Bonchev–Trinajstić information content (AvgIpc) is 3.57. The van der Waals surface area contributed by atoms with E-state index in [9.17, 15) is 0 Å². The van der Waals surface area contributed by atoms with Crippen LogP contribution in [0, 0.1) is 0 Å². The summed E-state index contributed by atoms with van der Waals surface area (Å²) in [6, 6.07) is 53.2. The predicted molar refractivity (Wildman–Crippen MR) is 180 cm³/mol. The monoisotopic (exact) mass is 578 g/mol. The largest absolute Gasteiger partial charge is 0.436 e. The third kappa shape index (κ3) is 5.39. The molecule has 0 unspecified atom stereocenters. The van der Waals surface area contributed by atoms with Crippen molar-refractivity contribution in [3.63, 3.8) is 0 Å². The molecular formula is C40H26N4O. The van der Waals surface area contributed by atoms with Crippen LogP contribution < -0.4 is 0 Å². The lowest BCUT2D eigenvalue weighted by Crippen LogP contribution is -2.00. The zero-order valence-corrected chi connectivity index (χ0v) is 24.2. The summed E-state index contributed by atoms with van der Waals surface area (Å²) in [7, 11) is 0. The number of oxazole rings is 1. The van der Waals surface area contributed by atoms with Gasteiger partial charge in [0.05, 0.1) is 0 Å². The molecule has 8 rings (SSSR count). The van der Waals surface area contributed by atoms with Gasteiger partial charge in [-0.05, 0) is 58.7 Å². The first kappa shape index (κ1) is 26.4. The third-order valence-corrected chi connectivity index (χ3v) is 7.78. The van der Waals surface area contributed by atoms with Gasteiger partial charge >= 0.3 is 0 Å². The Kier molecular flexibility index (Phi) is 6.74. The molecule has 2 heterocycles. The van der Waals surface area contributed by atoms with Crippen molar-refractivity contribution in [3.05, 3.63) is 158 Å². The number of rotatable bonds is 6. The molecule has 212 valence electrons. The summed E-state index contributed by atoms with van der Waals surface area (Å²) >= 11 is 0. The number of nitrogens with zero attached hydrogens (tertiary/aromatic N) is 4.